The maximum Gasteiger partial charge on any atom is 0.408 e. The van der Waals surface area contributed by atoms with Crippen LogP contribution in [0.1, 0.15) is 65.0 Å². The first-order valence-electron chi connectivity index (χ1n) is 15.7. The number of alkyl carbamates (subject to hydrolysis) is 1. The number of halogens is 1. The molecule has 1 N–H and O–H groups in total. The van der Waals surface area contributed by atoms with E-state index in [1.165, 1.54) is 24.5 Å². The van der Waals surface area contributed by atoms with Crippen LogP contribution < -0.4 is 10.1 Å². The van der Waals surface area contributed by atoms with Gasteiger partial charge in [-0.3, -0.25) is 4.79 Å². The predicted molar refractivity (Wildman–Crippen MR) is 172 cm³/mol. The highest BCUT2D eigenvalue weighted by Gasteiger charge is 2.54. The van der Waals surface area contributed by atoms with Crippen LogP contribution >= 0.6 is 11.6 Å². The molecule has 1 unspecified atom stereocenters. The number of nitrogens with zero attached hydrogens (tertiary/aromatic N) is 3. The molecular weight excluding hydrogens is 596 g/mol. The van der Waals surface area contributed by atoms with E-state index in [0.717, 1.165) is 25.7 Å². The maximum atomic E-state index is 14.2. The molecule has 0 bridgehead atoms. The minimum absolute atomic E-state index is 0.0745. The van der Waals surface area contributed by atoms with Crippen LogP contribution in [0.4, 0.5) is 4.79 Å². The lowest BCUT2D eigenvalue weighted by molar-refractivity contribution is -0.152. The largest absolute Gasteiger partial charge is 0.471 e. The van der Waals surface area contributed by atoms with Crippen molar-refractivity contribution < 1.29 is 28.6 Å². The van der Waals surface area contributed by atoms with Gasteiger partial charge in [0.25, 0.3) is 0 Å². The molecule has 0 radical (unpaired) electrons. The minimum Gasteiger partial charge on any atom is -0.471 e. The van der Waals surface area contributed by atoms with Crippen molar-refractivity contribution in [1.29, 1.82) is 0 Å². The molecule has 7 atom stereocenters. The van der Waals surface area contributed by atoms with Crippen LogP contribution in [0.3, 0.4) is 0 Å². The topological polar surface area (TPSA) is 120 Å². The third-order valence-electron chi connectivity index (χ3n) is 9.23. The Morgan fingerprint density at radius 2 is 1.93 bits per heavy atom. The number of carbonyl (C=O) groups is 3. The number of nitrogens with one attached hydrogen (secondary N) is 1. The highest BCUT2D eigenvalue weighted by atomic mass is 35.5. The molecule has 10 nitrogen and oxygen atoms in total. The number of rotatable bonds is 11. The molecule has 11 heteroatoms. The zero-order chi connectivity index (χ0) is 32.5. The first-order chi connectivity index (χ1) is 21.4. The van der Waals surface area contributed by atoms with E-state index < -0.39 is 41.6 Å². The fraction of sp³-hybridized carbons (Fsp3) is 0.559. The lowest BCUT2D eigenvalue weighted by Gasteiger charge is -2.35. The SMILES string of the molecule is C=CCCC[C@H]1[C@H](OC(=O)N[C@H](C(=O)N2C[C@H](Oc3nc4cc(Cl)ccc4nc3C=C)C[C@H]2C(=O)OC)C(C)(C)C)CC2C[C@@H]21. The second-order valence-electron chi connectivity index (χ2n) is 13.4. The summed E-state index contributed by atoms with van der Waals surface area (Å²) in [5.74, 6) is 0.787. The van der Waals surface area contributed by atoms with Crippen LogP contribution in [-0.4, -0.2) is 70.8 Å². The zero-order valence-electron chi connectivity index (χ0n) is 26.5. The molecule has 2 heterocycles. The summed E-state index contributed by atoms with van der Waals surface area (Å²) in [5.41, 5.74) is 0.904. The molecule has 2 saturated carbocycles. The normalized spacial score (nSPS) is 26.1. The van der Waals surface area contributed by atoms with Crippen molar-refractivity contribution in [2.75, 3.05) is 13.7 Å². The summed E-state index contributed by atoms with van der Waals surface area (Å²) in [5, 5.41) is 3.36. The molecule has 2 amide bonds. The predicted octanol–water partition coefficient (Wildman–Crippen LogP) is 5.97. The number of likely N-dealkylation sites (tertiary alicyclic amines) is 1. The van der Waals surface area contributed by atoms with Gasteiger partial charge in [-0.2, -0.15) is 0 Å². The summed E-state index contributed by atoms with van der Waals surface area (Å²) in [4.78, 5) is 50.9. The minimum atomic E-state index is -0.961. The van der Waals surface area contributed by atoms with E-state index in [0.29, 0.717) is 39.5 Å². The molecule has 242 valence electrons. The Morgan fingerprint density at radius 1 is 1.16 bits per heavy atom. The van der Waals surface area contributed by atoms with Gasteiger partial charge in [0.15, 0.2) is 0 Å². The van der Waals surface area contributed by atoms with E-state index in [-0.39, 0.29) is 24.9 Å². The van der Waals surface area contributed by atoms with E-state index in [1.54, 1.807) is 18.2 Å². The van der Waals surface area contributed by atoms with Crippen LogP contribution in [0.2, 0.25) is 5.02 Å². The Morgan fingerprint density at radius 3 is 2.62 bits per heavy atom. The molecule has 0 spiro atoms. The van der Waals surface area contributed by atoms with E-state index in [9.17, 15) is 14.4 Å². The van der Waals surface area contributed by atoms with Gasteiger partial charge < -0.3 is 24.4 Å². The molecule has 1 aliphatic heterocycles. The number of unbranched alkanes of at least 4 members (excludes halogenated alkanes) is 1. The number of hydrogen-bond acceptors (Lipinski definition) is 8. The lowest BCUT2D eigenvalue weighted by Crippen LogP contribution is -2.57. The Kier molecular flexibility index (Phi) is 9.72. The lowest BCUT2D eigenvalue weighted by atomic mass is 9.85. The third-order valence-corrected chi connectivity index (χ3v) is 9.46. The summed E-state index contributed by atoms with van der Waals surface area (Å²) in [6.07, 6.45) is 7.23. The van der Waals surface area contributed by atoms with E-state index in [1.807, 2.05) is 26.8 Å². The molecule has 3 fully saturated rings. The van der Waals surface area contributed by atoms with Crippen LogP contribution in [-0.2, 0) is 19.1 Å². The number of amides is 2. The Hall–Kier alpha value is -3.66. The number of methoxy groups -OCH3 is 1. The molecular formula is C34H43ClN4O6. The van der Waals surface area contributed by atoms with Crippen molar-refractivity contribution in [2.45, 2.75) is 83.6 Å². The highest BCUT2D eigenvalue weighted by molar-refractivity contribution is 6.31. The molecule has 1 aromatic heterocycles. The van der Waals surface area contributed by atoms with Gasteiger partial charge in [-0.25, -0.2) is 19.6 Å². The number of carbonyl (C=O) groups excluding carboxylic acids is 3. The monoisotopic (exact) mass is 638 g/mol. The number of ether oxygens (including phenoxy) is 3. The number of allylic oxidation sites excluding steroid dienone is 1. The summed E-state index contributed by atoms with van der Waals surface area (Å²) < 4.78 is 17.3. The molecule has 45 heavy (non-hydrogen) atoms. The van der Waals surface area contributed by atoms with Gasteiger partial charge in [0.05, 0.1) is 24.7 Å². The maximum absolute atomic E-state index is 14.2. The molecule has 5 rings (SSSR count). The van der Waals surface area contributed by atoms with Gasteiger partial charge in [0, 0.05) is 11.4 Å². The second-order valence-corrected chi connectivity index (χ2v) is 13.9. The molecule has 3 aliphatic rings. The average Bonchev–Trinajstić information content (AvgIpc) is 3.49. The average molecular weight is 639 g/mol. The van der Waals surface area contributed by atoms with Crippen LogP contribution in [0.15, 0.2) is 37.4 Å². The smallest absolute Gasteiger partial charge is 0.408 e. The van der Waals surface area contributed by atoms with Gasteiger partial charge in [0.2, 0.25) is 11.8 Å². The summed E-state index contributed by atoms with van der Waals surface area (Å²) in [6, 6.07) is 3.29. The van der Waals surface area contributed by atoms with Crippen molar-refractivity contribution in [3.05, 3.63) is 48.1 Å². The highest BCUT2D eigenvalue weighted by Crippen LogP contribution is 2.57. The first-order valence-corrected chi connectivity index (χ1v) is 16.0. The molecule has 2 aromatic rings. The third kappa shape index (κ3) is 7.27. The number of fused-ring (bicyclic) bond motifs is 2. The number of hydrogen-bond donors (Lipinski definition) is 1. The first kappa shape index (κ1) is 32.7. The summed E-state index contributed by atoms with van der Waals surface area (Å²) >= 11 is 6.16. The van der Waals surface area contributed by atoms with Crippen LogP contribution in [0.25, 0.3) is 17.1 Å². The number of aromatic nitrogens is 2. The second kappa shape index (κ2) is 13.4. The van der Waals surface area contributed by atoms with Gasteiger partial charge >= 0.3 is 12.1 Å². The van der Waals surface area contributed by atoms with E-state index >= 15 is 0 Å². The van der Waals surface area contributed by atoms with Crippen molar-refractivity contribution in [1.82, 2.24) is 20.2 Å². The van der Waals surface area contributed by atoms with Gasteiger partial charge in [-0.05, 0) is 79.5 Å². The van der Waals surface area contributed by atoms with Crippen molar-refractivity contribution in [3.63, 3.8) is 0 Å². The van der Waals surface area contributed by atoms with Crippen molar-refractivity contribution >= 4 is 46.7 Å². The summed E-state index contributed by atoms with van der Waals surface area (Å²) in [6.45, 7) is 13.3. The Balaban J connectivity index is 1.31. The van der Waals surface area contributed by atoms with Gasteiger partial charge in [0.1, 0.15) is 30.0 Å². The van der Waals surface area contributed by atoms with Crippen LogP contribution in [0, 0.1) is 23.2 Å². The Bertz CT molecular complexity index is 1470. The van der Waals surface area contributed by atoms with Crippen molar-refractivity contribution in [2.24, 2.45) is 23.2 Å². The number of benzene rings is 1. The Labute approximate surface area is 269 Å². The molecule has 1 aromatic carbocycles. The van der Waals surface area contributed by atoms with Gasteiger partial charge in [-0.15, -0.1) is 6.58 Å². The number of esters is 1. The van der Waals surface area contributed by atoms with E-state index in [2.05, 4.69) is 28.4 Å². The molecule has 2 aliphatic carbocycles. The van der Waals surface area contributed by atoms with E-state index in [4.69, 9.17) is 25.8 Å². The van der Waals surface area contributed by atoms with Crippen LogP contribution in [0.5, 0.6) is 5.88 Å². The molecule has 1 saturated heterocycles. The fourth-order valence-electron chi connectivity index (χ4n) is 6.84. The zero-order valence-corrected chi connectivity index (χ0v) is 27.2. The summed E-state index contributed by atoms with van der Waals surface area (Å²) in [7, 11) is 1.28. The standard InChI is InChI=1S/C34H43ClN4O6/c1-7-9-10-11-22-23-14-19(23)15-28(22)45-33(42)38-29(34(3,4)5)31(40)39-18-21(17-27(39)32(41)43-6)44-30-24(8-2)36-25-13-12-20(35)16-26(25)37-30/h7-8,12-13,16,19,21-23,27-29H,1-2,9-11,14-15,17-18H2,3-6H3,(H,38,42)/t19?,21-,22-,23+,27+,28-,29-/m1/s1. The fourth-order valence-corrected chi connectivity index (χ4v) is 7.01. The van der Waals surface area contributed by atoms with Gasteiger partial charge in [-0.1, -0.05) is 45.0 Å². The van der Waals surface area contributed by atoms with Crippen molar-refractivity contribution in [3.8, 4) is 5.88 Å². The quantitative estimate of drug-likeness (QED) is 0.182.